The SMILES string of the molecule is CCCCOC(=O)Oc1ccc2cccc([S+]3CCCC3)c2c1. The third-order valence-electron chi connectivity index (χ3n) is 4.08. The first-order valence-corrected chi connectivity index (χ1v) is 9.89. The quantitative estimate of drug-likeness (QED) is 0.337. The van der Waals surface area contributed by atoms with Gasteiger partial charge in [0.25, 0.3) is 0 Å². The predicted molar refractivity (Wildman–Crippen MR) is 95.4 cm³/mol. The summed E-state index contributed by atoms with van der Waals surface area (Å²) in [7, 11) is 0.336. The van der Waals surface area contributed by atoms with Crippen molar-refractivity contribution in [1.82, 2.24) is 0 Å². The number of fused-ring (bicyclic) bond motifs is 1. The Hall–Kier alpha value is -1.68. The zero-order chi connectivity index (χ0) is 16.1. The number of unbranched alkanes of at least 4 members (excludes halogenated alkanes) is 1. The second-order valence-electron chi connectivity index (χ2n) is 5.80. The number of hydrogen-bond acceptors (Lipinski definition) is 3. The Bertz CT molecular complexity index is 677. The molecule has 0 spiro atoms. The predicted octanol–water partition coefficient (Wildman–Crippen LogP) is 4.93. The molecule has 3 rings (SSSR count). The minimum atomic E-state index is -0.612. The van der Waals surface area contributed by atoms with E-state index >= 15 is 0 Å². The van der Waals surface area contributed by atoms with Crippen molar-refractivity contribution < 1.29 is 14.3 Å². The summed E-state index contributed by atoms with van der Waals surface area (Å²) in [4.78, 5) is 13.1. The zero-order valence-electron chi connectivity index (χ0n) is 13.5. The lowest BCUT2D eigenvalue weighted by Crippen LogP contribution is -2.11. The van der Waals surface area contributed by atoms with E-state index < -0.39 is 6.16 Å². The van der Waals surface area contributed by atoms with Gasteiger partial charge in [0, 0.05) is 16.3 Å². The van der Waals surface area contributed by atoms with Crippen LogP contribution in [0.1, 0.15) is 32.6 Å². The molecule has 0 atom stereocenters. The van der Waals surface area contributed by atoms with E-state index in [0.29, 0.717) is 23.3 Å². The Labute approximate surface area is 140 Å². The first kappa shape index (κ1) is 16.2. The number of carbonyl (C=O) groups excluding carboxylic acids is 1. The zero-order valence-corrected chi connectivity index (χ0v) is 14.4. The van der Waals surface area contributed by atoms with Gasteiger partial charge in [-0.2, -0.15) is 0 Å². The van der Waals surface area contributed by atoms with Crippen LogP contribution in [0, 0.1) is 0 Å². The van der Waals surface area contributed by atoms with Crippen molar-refractivity contribution >= 4 is 27.8 Å². The lowest BCUT2D eigenvalue weighted by atomic mass is 10.1. The van der Waals surface area contributed by atoms with E-state index in [1.54, 1.807) is 0 Å². The highest BCUT2D eigenvalue weighted by atomic mass is 32.2. The molecule has 0 saturated carbocycles. The van der Waals surface area contributed by atoms with Crippen LogP contribution in [0.5, 0.6) is 5.75 Å². The molecular weight excluding hydrogens is 308 g/mol. The third-order valence-corrected chi connectivity index (χ3v) is 6.62. The van der Waals surface area contributed by atoms with E-state index in [1.807, 2.05) is 18.2 Å². The second-order valence-corrected chi connectivity index (χ2v) is 8.04. The number of benzene rings is 2. The van der Waals surface area contributed by atoms with Crippen LogP contribution in [0.15, 0.2) is 41.3 Å². The van der Waals surface area contributed by atoms with E-state index in [0.717, 1.165) is 12.8 Å². The number of rotatable bonds is 5. The summed E-state index contributed by atoms with van der Waals surface area (Å²) in [6.07, 6.45) is 3.88. The highest BCUT2D eigenvalue weighted by Crippen LogP contribution is 2.32. The summed E-state index contributed by atoms with van der Waals surface area (Å²) in [6, 6.07) is 12.3. The molecular formula is C19H23O3S+. The summed E-state index contributed by atoms with van der Waals surface area (Å²) >= 11 is 0. The van der Waals surface area contributed by atoms with Crippen LogP contribution >= 0.6 is 0 Å². The molecule has 0 unspecified atom stereocenters. The number of ether oxygens (including phenoxy) is 2. The molecule has 0 aliphatic carbocycles. The van der Waals surface area contributed by atoms with Crippen LogP contribution in [0.4, 0.5) is 4.79 Å². The highest BCUT2D eigenvalue weighted by molar-refractivity contribution is 7.97. The van der Waals surface area contributed by atoms with Crippen molar-refractivity contribution in [3.8, 4) is 5.75 Å². The smallest absolute Gasteiger partial charge is 0.434 e. The molecule has 2 aromatic carbocycles. The summed E-state index contributed by atoms with van der Waals surface area (Å²) in [6.45, 7) is 2.47. The first-order valence-electron chi connectivity index (χ1n) is 8.33. The fourth-order valence-corrected chi connectivity index (χ4v) is 5.35. The fraction of sp³-hybridized carbons (Fsp3) is 0.421. The summed E-state index contributed by atoms with van der Waals surface area (Å²) < 4.78 is 10.4. The molecule has 1 heterocycles. The van der Waals surface area contributed by atoms with Crippen molar-refractivity contribution in [1.29, 1.82) is 0 Å². The van der Waals surface area contributed by atoms with Crippen LogP contribution < -0.4 is 4.74 Å². The van der Waals surface area contributed by atoms with Crippen LogP contribution in [0.25, 0.3) is 10.8 Å². The maximum absolute atomic E-state index is 11.7. The average Bonchev–Trinajstić information content (AvgIpc) is 3.09. The van der Waals surface area contributed by atoms with Crippen molar-refractivity contribution in [3.63, 3.8) is 0 Å². The Morgan fingerprint density at radius 3 is 2.78 bits per heavy atom. The summed E-state index contributed by atoms with van der Waals surface area (Å²) in [5, 5.41) is 2.41. The van der Waals surface area contributed by atoms with Crippen molar-refractivity contribution in [2.45, 2.75) is 37.5 Å². The molecule has 1 saturated heterocycles. The Morgan fingerprint density at radius 2 is 2.00 bits per heavy atom. The van der Waals surface area contributed by atoms with E-state index in [4.69, 9.17) is 9.47 Å². The maximum Gasteiger partial charge on any atom is 0.513 e. The minimum Gasteiger partial charge on any atom is -0.434 e. The first-order chi connectivity index (χ1) is 11.3. The summed E-state index contributed by atoms with van der Waals surface area (Å²) in [5.74, 6) is 3.13. The number of carbonyl (C=O) groups is 1. The van der Waals surface area contributed by atoms with Gasteiger partial charge >= 0.3 is 6.16 Å². The normalized spacial score (nSPS) is 15.0. The van der Waals surface area contributed by atoms with Crippen molar-refractivity contribution in [2.24, 2.45) is 0 Å². The molecule has 4 heteroatoms. The largest absolute Gasteiger partial charge is 0.513 e. The minimum absolute atomic E-state index is 0.336. The van der Waals surface area contributed by atoms with Crippen molar-refractivity contribution in [3.05, 3.63) is 36.4 Å². The van der Waals surface area contributed by atoms with Gasteiger partial charge in [-0.05, 0) is 42.8 Å². The van der Waals surface area contributed by atoms with Gasteiger partial charge in [-0.3, -0.25) is 0 Å². The summed E-state index contributed by atoms with van der Waals surface area (Å²) in [5.41, 5.74) is 0. The second kappa shape index (κ2) is 7.73. The van der Waals surface area contributed by atoms with Crippen LogP contribution in [0.3, 0.4) is 0 Å². The van der Waals surface area contributed by atoms with Crippen molar-refractivity contribution in [2.75, 3.05) is 18.1 Å². The van der Waals surface area contributed by atoms with E-state index in [1.165, 1.54) is 40.0 Å². The van der Waals surface area contributed by atoms with E-state index in [-0.39, 0.29) is 0 Å². The third kappa shape index (κ3) is 3.99. The van der Waals surface area contributed by atoms with Gasteiger partial charge in [0.2, 0.25) is 0 Å². The average molecular weight is 331 g/mol. The lowest BCUT2D eigenvalue weighted by molar-refractivity contribution is 0.0979. The molecule has 3 nitrogen and oxygen atoms in total. The Morgan fingerprint density at radius 1 is 1.17 bits per heavy atom. The Kier molecular flexibility index (Phi) is 5.44. The molecule has 0 amide bonds. The molecule has 1 fully saturated rings. The monoisotopic (exact) mass is 331 g/mol. The molecule has 0 N–H and O–H groups in total. The molecule has 2 aromatic rings. The van der Waals surface area contributed by atoms with Crippen LogP contribution in [0.2, 0.25) is 0 Å². The van der Waals surface area contributed by atoms with Crippen LogP contribution in [-0.2, 0) is 15.6 Å². The van der Waals surface area contributed by atoms with Gasteiger partial charge in [0.1, 0.15) is 17.3 Å². The molecule has 1 aliphatic rings. The topological polar surface area (TPSA) is 35.5 Å². The number of hydrogen-bond donors (Lipinski definition) is 0. The van der Waals surface area contributed by atoms with Gasteiger partial charge in [-0.15, -0.1) is 0 Å². The Balaban J connectivity index is 1.79. The standard InChI is InChI=1S/C19H23O3S/c1-2-3-11-21-19(20)22-16-10-9-15-7-6-8-18(17(15)14-16)23-12-4-5-13-23/h6-10,14H,2-5,11-13H2,1H3/q+1. The molecule has 122 valence electrons. The highest BCUT2D eigenvalue weighted by Gasteiger charge is 2.28. The van der Waals surface area contributed by atoms with Gasteiger partial charge in [-0.1, -0.05) is 31.5 Å². The molecule has 0 aromatic heterocycles. The van der Waals surface area contributed by atoms with Gasteiger partial charge in [0.15, 0.2) is 4.90 Å². The molecule has 0 bridgehead atoms. The molecule has 1 aliphatic heterocycles. The van der Waals surface area contributed by atoms with Gasteiger partial charge in [0.05, 0.1) is 6.61 Å². The van der Waals surface area contributed by atoms with E-state index in [9.17, 15) is 4.79 Å². The maximum atomic E-state index is 11.7. The molecule has 23 heavy (non-hydrogen) atoms. The van der Waals surface area contributed by atoms with Gasteiger partial charge < -0.3 is 9.47 Å². The lowest BCUT2D eigenvalue weighted by Gasteiger charge is -2.08. The van der Waals surface area contributed by atoms with E-state index in [2.05, 4.69) is 25.1 Å². The fourth-order valence-electron chi connectivity index (χ4n) is 2.84. The van der Waals surface area contributed by atoms with Gasteiger partial charge in [-0.25, -0.2) is 4.79 Å². The van der Waals surface area contributed by atoms with Crippen LogP contribution in [-0.4, -0.2) is 24.3 Å². The molecule has 0 radical (unpaired) electrons.